The average molecular weight is 267 g/mol. The number of nitrogens with one attached hydrogen (secondary N) is 1. The molecule has 0 radical (unpaired) electrons. The molecule has 0 bridgehead atoms. The fourth-order valence-corrected chi connectivity index (χ4v) is 2.55. The van der Waals surface area contributed by atoms with E-state index >= 15 is 0 Å². The molecule has 0 saturated heterocycles. The number of hydrogen-bond donors (Lipinski definition) is 2. The summed E-state index contributed by atoms with van der Waals surface area (Å²) < 4.78 is 1.10. The molecular weight excluding hydrogens is 252 g/mol. The van der Waals surface area contributed by atoms with E-state index in [0.717, 1.165) is 22.1 Å². The van der Waals surface area contributed by atoms with Crippen molar-refractivity contribution in [1.29, 1.82) is 0 Å². The first kappa shape index (κ1) is 10.7. The standard InChI is InChI=1S/C12H15BrN2/c1-3-8-4-5-10-9(6-8)11(13)12(15-10)7(2)14/h4-7,15H,3,14H2,1-2H3. The molecule has 2 rings (SSSR count). The van der Waals surface area contributed by atoms with Gasteiger partial charge in [-0.3, -0.25) is 0 Å². The monoisotopic (exact) mass is 266 g/mol. The van der Waals surface area contributed by atoms with E-state index in [0.29, 0.717) is 0 Å². The first-order valence-electron chi connectivity index (χ1n) is 5.19. The molecule has 1 aromatic carbocycles. The van der Waals surface area contributed by atoms with Gasteiger partial charge >= 0.3 is 0 Å². The van der Waals surface area contributed by atoms with E-state index in [2.05, 4.69) is 46.0 Å². The van der Waals surface area contributed by atoms with Crippen LogP contribution in [0.4, 0.5) is 0 Å². The molecule has 1 heterocycles. The third kappa shape index (κ3) is 1.82. The van der Waals surface area contributed by atoms with Crippen LogP contribution in [0.25, 0.3) is 10.9 Å². The average Bonchev–Trinajstić information content (AvgIpc) is 2.56. The van der Waals surface area contributed by atoms with Crippen molar-refractivity contribution >= 4 is 26.8 Å². The van der Waals surface area contributed by atoms with Crippen molar-refractivity contribution < 1.29 is 0 Å². The number of aryl methyl sites for hydroxylation is 1. The van der Waals surface area contributed by atoms with E-state index in [9.17, 15) is 0 Å². The molecule has 0 aliphatic carbocycles. The molecular formula is C12H15BrN2. The quantitative estimate of drug-likeness (QED) is 0.858. The van der Waals surface area contributed by atoms with Gasteiger partial charge in [-0.2, -0.15) is 0 Å². The van der Waals surface area contributed by atoms with Gasteiger partial charge in [0.15, 0.2) is 0 Å². The minimum atomic E-state index is 0.0249. The highest BCUT2D eigenvalue weighted by Crippen LogP contribution is 2.31. The summed E-state index contributed by atoms with van der Waals surface area (Å²) in [5.41, 5.74) is 9.45. The maximum absolute atomic E-state index is 5.89. The van der Waals surface area contributed by atoms with Crippen molar-refractivity contribution in [2.75, 3.05) is 0 Å². The highest BCUT2D eigenvalue weighted by atomic mass is 79.9. The smallest absolute Gasteiger partial charge is 0.0477 e. The number of benzene rings is 1. The Hall–Kier alpha value is -0.800. The Morgan fingerprint density at radius 2 is 2.20 bits per heavy atom. The third-order valence-corrected chi connectivity index (χ3v) is 3.54. The van der Waals surface area contributed by atoms with Crippen LogP contribution in [0, 0.1) is 0 Å². The number of hydrogen-bond acceptors (Lipinski definition) is 1. The van der Waals surface area contributed by atoms with Gasteiger partial charge in [0.25, 0.3) is 0 Å². The topological polar surface area (TPSA) is 41.8 Å². The summed E-state index contributed by atoms with van der Waals surface area (Å²) in [6.45, 7) is 4.14. The van der Waals surface area contributed by atoms with Gasteiger partial charge in [-0.25, -0.2) is 0 Å². The van der Waals surface area contributed by atoms with Crippen molar-refractivity contribution in [2.45, 2.75) is 26.3 Å². The number of rotatable bonds is 2. The fraction of sp³-hybridized carbons (Fsp3) is 0.333. The molecule has 15 heavy (non-hydrogen) atoms. The molecule has 1 unspecified atom stereocenters. The van der Waals surface area contributed by atoms with E-state index in [-0.39, 0.29) is 6.04 Å². The molecule has 80 valence electrons. The molecule has 2 aromatic rings. The molecule has 1 atom stereocenters. The lowest BCUT2D eigenvalue weighted by Crippen LogP contribution is -2.05. The number of aromatic nitrogens is 1. The third-order valence-electron chi connectivity index (χ3n) is 2.69. The Balaban J connectivity index is 2.66. The number of halogens is 1. The summed E-state index contributed by atoms with van der Waals surface area (Å²) in [5, 5.41) is 1.22. The van der Waals surface area contributed by atoms with Gasteiger partial charge < -0.3 is 10.7 Å². The molecule has 0 aliphatic rings. The lowest BCUT2D eigenvalue weighted by atomic mass is 10.1. The largest absolute Gasteiger partial charge is 0.356 e. The molecule has 0 aliphatic heterocycles. The van der Waals surface area contributed by atoms with E-state index in [4.69, 9.17) is 5.73 Å². The second kappa shape index (κ2) is 3.99. The molecule has 3 N–H and O–H groups in total. The van der Waals surface area contributed by atoms with Crippen molar-refractivity contribution in [3.63, 3.8) is 0 Å². The zero-order valence-electron chi connectivity index (χ0n) is 8.97. The van der Waals surface area contributed by atoms with Crippen LogP contribution >= 0.6 is 15.9 Å². The summed E-state index contributed by atoms with van der Waals surface area (Å²) in [6, 6.07) is 6.50. The predicted molar refractivity (Wildman–Crippen MR) is 68.0 cm³/mol. The number of nitrogens with two attached hydrogens (primary N) is 1. The van der Waals surface area contributed by atoms with E-state index in [1.54, 1.807) is 0 Å². The van der Waals surface area contributed by atoms with E-state index in [1.807, 2.05) is 6.92 Å². The van der Waals surface area contributed by atoms with Gasteiger partial charge in [0.1, 0.15) is 0 Å². The van der Waals surface area contributed by atoms with Crippen molar-refractivity contribution in [3.8, 4) is 0 Å². The SMILES string of the molecule is CCc1ccc2[nH]c(C(C)N)c(Br)c2c1. The van der Waals surface area contributed by atoms with Crippen molar-refractivity contribution in [2.24, 2.45) is 5.73 Å². The van der Waals surface area contributed by atoms with Crippen LogP contribution in [0.15, 0.2) is 22.7 Å². The van der Waals surface area contributed by atoms with Crippen LogP contribution in [0.1, 0.15) is 31.1 Å². The Kier molecular flexibility index (Phi) is 2.85. The zero-order valence-corrected chi connectivity index (χ0v) is 10.6. The highest BCUT2D eigenvalue weighted by Gasteiger charge is 2.11. The molecule has 0 fully saturated rings. The second-order valence-electron chi connectivity index (χ2n) is 3.87. The van der Waals surface area contributed by atoms with E-state index < -0.39 is 0 Å². The fourth-order valence-electron chi connectivity index (χ4n) is 1.76. The number of H-pyrrole nitrogens is 1. The first-order chi connectivity index (χ1) is 7.13. The minimum absolute atomic E-state index is 0.0249. The first-order valence-corrected chi connectivity index (χ1v) is 5.98. The maximum Gasteiger partial charge on any atom is 0.0477 e. The van der Waals surface area contributed by atoms with Gasteiger partial charge in [0, 0.05) is 27.1 Å². The van der Waals surface area contributed by atoms with E-state index in [1.165, 1.54) is 10.9 Å². The summed E-state index contributed by atoms with van der Waals surface area (Å²) in [4.78, 5) is 3.34. The van der Waals surface area contributed by atoms with Crippen molar-refractivity contribution in [1.82, 2.24) is 4.98 Å². The van der Waals surface area contributed by atoms with Gasteiger partial charge in [0.05, 0.1) is 0 Å². The summed E-state index contributed by atoms with van der Waals surface area (Å²) in [6.07, 6.45) is 1.06. The molecule has 0 saturated carbocycles. The molecule has 3 heteroatoms. The molecule has 1 aromatic heterocycles. The Labute approximate surface area is 98.0 Å². The van der Waals surface area contributed by atoms with Gasteiger partial charge in [-0.1, -0.05) is 13.0 Å². The number of aromatic amines is 1. The van der Waals surface area contributed by atoms with Crippen LogP contribution in [0.3, 0.4) is 0 Å². The number of fused-ring (bicyclic) bond motifs is 1. The van der Waals surface area contributed by atoms with Crippen LogP contribution in [0.5, 0.6) is 0 Å². The van der Waals surface area contributed by atoms with Crippen LogP contribution in [-0.4, -0.2) is 4.98 Å². The summed E-state index contributed by atoms with van der Waals surface area (Å²) >= 11 is 3.60. The van der Waals surface area contributed by atoms with Gasteiger partial charge in [0.2, 0.25) is 0 Å². The molecule has 0 spiro atoms. The lowest BCUT2D eigenvalue weighted by Gasteiger charge is -2.01. The van der Waals surface area contributed by atoms with Crippen LogP contribution in [-0.2, 0) is 6.42 Å². The Bertz CT molecular complexity index is 486. The van der Waals surface area contributed by atoms with Crippen molar-refractivity contribution in [3.05, 3.63) is 33.9 Å². The maximum atomic E-state index is 5.89. The Morgan fingerprint density at radius 3 is 2.80 bits per heavy atom. The van der Waals surface area contributed by atoms with Crippen LogP contribution in [0.2, 0.25) is 0 Å². The van der Waals surface area contributed by atoms with Crippen LogP contribution < -0.4 is 5.73 Å². The normalized spacial score (nSPS) is 13.3. The second-order valence-corrected chi connectivity index (χ2v) is 4.67. The summed E-state index contributed by atoms with van der Waals surface area (Å²) in [5.74, 6) is 0. The van der Waals surface area contributed by atoms with Gasteiger partial charge in [-0.15, -0.1) is 0 Å². The predicted octanol–water partition coefficient (Wildman–Crippen LogP) is 3.51. The zero-order chi connectivity index (χ0) is 11.0. The molecule has 2 nitrogen and oxygen atoms in total. The summed E-state index contributed by atoms with van der Waals surface area (Å²) in [7, 11) is 0. The van der Waals surface area contributed by atoms with Gasteiger partial charge in [-0.05, 0) is 47.0 Å². The molecule has 0 amide bonds. The Morgan fingerprint density at radius 1 is 1.47 bits per heavy atom. The highest BCUT2D eigenvalue weighted by molar-refractivity contribution is 9.10. The minimum Gasteiger partial charge on any atom is -0.356 e. The lowest BCUT2D eigenvalue weighted by molar-refractivity contribution is 0.788.